The number of carbonyl (C=O) groups is 1. The molecule has 1 aliphatic heterocycles. The molecule has 2 heterocycles. The van der Waals surface area contributed by atoms with E-state index in [-0.39, 0.29) is 23.6 Å². The van der Waals surface area contributed by atoms with Gasteiger partial charge in [0.15, 0.2) is 17.3 Å². The first-order valence-electron chi connectivity index (χ1n) is 9.33. The number of ether oxygens (including phenoxy) is 2. The van der Waals surface area contributed by atoms with E-state index in [1.54, 1.807) is 18.2 Å². The van der Waals surface area contributed by atoms with Crippen LogP contribution in [0.4, 0.5) is 19.1 Å². The number of anilines is 1. The molecular formula is C20H21F3N4O3. The number of ketones is 1. The summed E-state index contributed by atoms with van der Waals surface area (Å²) in [4.78, 5) is 16.7. The van der Waals surface area contributed by atoms with Crippen molar-refractivity contribution in [3.8, 4) is 11.5 Å². The average molecular weight is 422 g/mol. The summed E-state index contributed by atoms with van der Waals surface area (Å²) in [5, 5.41) is 6.62. The molecule has 0 saturated carbocycles. The van der Waals surface area contributed by atoms with Gasteiger partial charge in [0.25, 0.3) is 5.82 Å². The molecule has 2 aromatic rings. The molecule has 10 heteroatoms. The van der Waals surface area contributed by atoms with Gasteiger partial charge >= 0.3 is 6.18 Å². The standard InChI is InChI=1S/C20H21F3N4O3/c1-19(2)8-11-15(12(28)9-19)16(10-5-6-13(29-3)14(7-10)30-4)27-18(24-11)25-17(26-27)20(21,22)23/h5-7,16H,8-9H2,1-4H3,(H,24,25,26)/t16-/m1/s1. The van der Waals surface area contributed by atoms with Gasteiger partial charge in [0.05, 0.1) is 14.2 Å². The van der Waals surface area contributed by atoms with Crippen LogP contribution in [0.5, 0.6) is 11.5 Å². The maximum atomic E-state index is 13.3. The highest BCUT2D eigenvalue weighted by Gasteiger charge is 2.44. The number of benzene rings is 1. The van der Waals surface area contributed by atoms with Crippen LogP contribution in [0, 0.1) is 5.41 Å². The number of hydrogen-bond donors (Lipinski definition) is 1. The molecule has 0 spiro atoms. The van der Waals surface area contributed by atoms with Crippen LogP contribution in [-0.2, 0) is 11.0 Å². The van der Waals surface area contributed by atoms with Crippen LogP contribution in [0.2, 0.25) is 0 Å². The second-order valence-electron chi connectivity index (χ2n) is 8.18. The molecule has 7 nitrogen and oxygen atoms in total. The monoisotopic (exact) mass is 422 g/mol. The van der Waals surface area contributed by atoms with Crippen molar-refractivity contribution in [2.45, 2.75) is 38.9 Å². The number of nitrogens with zero attached hydrogens (tertiary/aromatic N) is 3. The van der Waals surface area contributed by atoms with Crippen LogP contribution in [0.15, 0.2) is 29.5 Å². The lowest BCUT2D eigenvalue weighted by Gasteiger charge is -2.38. The predicted octanol–water partition coefficient (Wildman–Crippen LogP) is 3.97. The predicted molar refractivity (Wildman–Crippen MR) is 101 cm³/mol. The topological polar surface area (TPSA) is 78.3 Å². The smallest absolute Gasteiger partial charge is 0.453 e. The van der Waals surface area contributed by atoms with Gasteiger partial charge in [0, 0.05) is 17.7 Å². The van der Waals surface area contributed by atoms with Crippen LogP contribution < -0.4 is 14.8 Å². The molecule has 0 saturated heterocycles. The molecular weight excluding hydrogens is 401 g/mol. The van der Waals surface area contributed by atoms with E-state index in [4.69, 9.17) is 9.47 Å². The van der Waals surface area contributed by atoms with Crippen LogP contribution in [0.25, 0.3) is 0 Å². The van der Waals surface area contributed by atoms with Gasteiger partial charge in [-0.25, -0.2) is 4.68 Å². The van der Waals surface area contributed by atoms with Crippen molar-refractivity contribution in [2.24, 2.45) is 5.41 Å². The lowest BCUT2D eigenvalue weighted by atomic mass is 9.73. The van der Waals surface area contributed by atoms with Gasteiger partial charge < -0.3 is 14.8 Å². The van der Waals surface area contributed by atoms with Crippen molar-refractivity contribution >= 4 is 11.7 Å². The quantitative estimate of drug-likeness (QED) is 0.807. The molecule has 1 aliphatic carbocycles. The third-order valence-corrected chi connectivity index (χ3v) is 5.31. The number of halogens is 3. The molecule has 0 radical (unpaired) electrons. The summed E-state index contributed by atoms with van der Waals surface area (Å²) in [5.41, 5.74) is 1.20. The molecule has 30 heavy (non-hydrogen) atoms. The Balaban J connectivity index is 1.92. The Morgan fingerprint density at radius 3 is 2.50 bits per heavy atom. The third-order valence-electron chi connectivity index (χ3n) is 5.31. The molecule has 1 aromatic heterocycles. The molecule has 4 rings (SSSR count). The summed E-state index contributed by atoms with van der Waals surface area (Å²) >= 11 is 0. The number of nitrogens with one attached hydrogen (secondary N) is 1. The molecule has 1 atom stereocenters. The summed E-state index contributed by atoms with van der Waals surface area (Å²) in [5.74, 6) is -0.580. The van der Waals surface area contributed by atoms with E-state index in [0.717, 1.165) is 4.68 Å². The number of allylic oxidation sites excluding steroid dienone is 2. The largest absolute Gasteiger partial charge is 0.493 e. The molecule has 0 unspecified atom stereocenters. The van der Waals surface area contributed by atoms with E-state index in [9.17, 15) is 18.0 Å². The lowest BCUT2D eigenvalue weighted by Crippen LogP contribution is -2.36. The number of fused-ring (bicyclic) bond motifs is 1. The summed E-state index contributed by atoms with van der Waals surface area (Å²) < 4.78 is 51.6. The van der Waals surface area contributed by atoms with Crippen LogP contribution in [-0.4, -0.2) is 34.8 Å². The second kappa shape index (κ2) is 6.75. The number of carbonyl (C=O) groups excluding carboxylic acids is 1. The van der Waals surface area contributed by atoms with Gasteiger partial charge in [-0.3, -0.25) is 4.79 Å². The van der Waals surface area contributed by atoms with Crippen LogP contribution in [0.1, 0.15) is 44.1 Å². The Morgan fingerprint density at radius 2 is 1.87 bits per heavy atom. The maximum absolute atomic E-state index is 13.3. The van der Waals surface area contributed by atoms with Gasteiger partial charge in [0.2, 0.25) is 5.95 Å². The number of hydrogen-bond acceptors (Lipinski definition) is 6. The highest BCUT2D eigenvalue weighted by atomic mass is 19.4. The number of aromatic nitrogens is 3. The number of Topliss-reactive ketones (excluding diaryl/α,β-unsaturated/α-hetero) is 1. The summed E-state index contributed by atoms with van der Waals surface area (Å²) in [6, 6.07) is 4.12. The zero-order valence-corrected chi connectivity index (χ0v) is 16.9. The Kier molecular flexibility index (Phi) is 4.55. The average Bonchev–Trinajstić information content (AvgIpc) is 3.09. The summed E-state index contributed by atoms with van der Waals surface area (Å²) in [6.07, 6.45) is -3.92. The first-order chi connectivity index (χ1) is 14.0. The zero-order valence-electron chi connectivity index (χ0n) is 16.9. The molecule has 2 aliphatic rings. The van der Waals surface area contributed by atoms with Crippen molar-refractivity contribution in [1.82, 2.24) is 14.8 Å². The van der Waals surface area contributed by atoms with E-state index in [2.05, 4.69) is 15.4 Å². The highest BCUT2D eigenvalue weighted by molar-refractivity contribution is 6.00. The molecule has 160 valence electrons. The van der Waals surface area contributed by atoms with E-state index in [1.807, 2.05) is 13.8 Å². The molecule has 1 N–H and O–H groups in total. The van der Waals surface area contributed by atoms with Gasteiger partial charge in [-0.2, -0.15) is 18.2 Å². The Bertz CT molecular complexity index is 1060. The number of rotatable bonds is 3. The molecule has 0 bridgehead atoms. The van der Waals surface area contributed by atoms with Gasteiger partial charge in [-0.05, 0) is 29.5 Å². The van der Waals surface area contributed by atoms with Crippen LogP contribution in [0.3, 0.4) is 0 Å². The number of alkyl halides is 3. The minimum Gasteiger partial charge on any atom is -0.493 e. The van der Waals surface area contributed by atoms with Crippen LogP contribution >= 0.6 is 0 Å². The Hall–Kier alpha value is -3.04. The van der Waals surface area contributed by atoms with Crippen molar-refractivity contribution in [3.63, 3.8) is 0 Å². The fourth-order valence-electron chi connectivity index (χ4n) is 4.06. The Labute approximate surface area is 170 Å². The maximum Gasteiger partial charge on any atom is 0.453 e. The van der Waals surface area contributed by atoms with Gasteiger partial charge in [0.1, 0.15) is 6.04 Å². The van der Waals surface area contributed by atoms with Gasteiger partial charge in [-0.15, -0.1) is 5.10 Å². The minimum atomic E-state index is -4.71. The van der Waals surface area contributed by atoms with Crippen molar-refractivity contribution in [2.75, 3.05) is 19.5 Å². The number of methoxy groups -OCH3 is 2. The molecule has 1 aromatic carbocycles. The normalized spacial score (nSPS) is 20.4. The van der Waals surface area contributed by atoms with E-state index >= 15 is 0 Å². The third kappa shape index (κ3) is 3.29. The SMILES string of the molecule is COc1ccc([C@@H]2C3=C(CC(C)(C)CC3=O)Nc3nc(C(F)(F)F)nn32)cc1OC. The first-order valence-corrected chi connectivity index (χ1v) is 9.33. The fraction of sp³-hybridized carbons (Fsp3) is 0.450. The lowest BCUT2D eigenvalue weighted by molar-refractivity contribution is -0.145. The molecule has 0 fully saturated rings. The van der Waals surface area contributed by atoms with E-state index in [1.165, 1.54) is 14.2 Å². The minimum absolute atomic E-state index is 0.0497. The summed E-state index contributed by atoms with van der Waals surface area (Å²) in [7, 11) is 2.95. The molecule has 0 amide bonds. The zero-order chi connectivity index (χ0) is 21.8. The van der Waals surface area contributed by atoms with E-state index in [0.29, 0.717) is 34.8 Å². The van der Waals surface area contributed by atoms with E-state index < -0.39 is 18.0 Å². The highest BCUT2D eigenvalue weighted by Crippen LogP contribution is 2.46. The Morgan fingerprint density at radius 1 is 1.17 bits per heavy atom. The van der Waals surface area contributed by atoms with Crippen molar-refractivity contribution in [1.29, 1.82) is 0 Å². The van der Waals surface area contributed by atoms with Gasteiger partial charge in [-0.1, -0.05) is 19.9 Å². The first kappa shape index (κ1) is 20.2. The van der Waals surface area contributed by atoms with Crippen molar-refractivity contribution < 1.29 is 27.4 Å². The second-order valence-corrected chi connectivity index (χ2v) is 8.18. The summed E-state index contributed by atoms with van der Waals surface area (Å²) in [6.45, 7) is 3.89. The van der Waals surface area contributed by atoms with Crippen molar-refractivity contribution in [3.05, 3.63) is 40.9 Å². The fourth-order valence-corrected chi connectivity index (χ4v) is 4.06.